The maximum atomic E-state index is 13.1. The predicted molar refractivity (Wildman–Crippen MR) is 239 cm³/mol. The van der Waals surface area contributed by atoms with Crippen LogP contribution < -0.4 is 4.74 Å². The Morgan fingerprint density at radius 1 is 0.656 bits per heavy atom. The molecule has 2 unspecified atom stereocenters. The van der Waals surface area contributed by atoms with Gasteiger partial charge in [0.15, 0.2) is 0 Å². The average molecular weight is 981 g/mol. The molecule has 0 amide bonds. The van der Waals surface area contributed by atoms with Crippen LogP contribution >= 0.6 is 0 Å². The summed E-state index contributed by atoms with van der Waals surface area (Å²) < 4.78 is 11.8. The number of hydrogen-bond donors (Lipinski definition) is 0. The van der Waals surface area contributed by atoms with Crippen LogP contribution in [0, 0.1) is 18.1 Å². The Labute approximate surface area is 372 Å². The molecule has 1 radical (unpaired) electrons. The van der Waals surface area contributed by atoms with E-state index in [1.165, 1.54) is 11.1 Å². The molecule has 5 aromatic carbocycles. The van der Waals surface area contributed by atoms with Crippen LogP contribution in [0.25, 0.3) is 56.6 Å². The first kappa shape index (κ1) is 44.2. The molecule has 61 heavy (non-hydrogen) atoms. The molecule has 309 valence electrons. The van der Waals surface area contributed by atoms with Crippen molar-refractivity contribution in [3.63, 3.8) is 0 Å². The molecule has 3 aromatic heterocycles. The van der Waals surface area contributed by atoms with Gasteiger partial charge in [-0.3, -0.25) is 4.79 Å². The number of benzene rings is 5. The summed E-state index contributed by atoms with van der Waals surface area (Å²) in [5, 5.41) is 8.58. The van der Waals surface area contributed by atoms with E-state index in [-0.39, 0.29) is 43.3 Å². The smallest absolute Gasteiger partial charge is 0.305 e. The molecule has 8 heteroatoms. The van der Waals surface area contributed by atoms with Gasteiger partial charge in [0.1, 0.15) is 0 Å². The van der Waals surface area contributed by atoms with E-state index in [0.29, 0.717) is 30.4 Å². The molecule has 0 bridgehead atoms. The largest absolute Gasteiger partial charge is 0.475 e. The Morgan fingerprint density at radius 3 is 1.69 bits per heavy atom. The Hall–Kier alpha value is -6.34. The van der Waals surface area contributed by atoms with E-state index in [4.69, 9.17) is 9.15 Å². The molecule has 0 aliphatic rings. The summed E-state index contributed by atoms with van der Waals surface area (Å²) in [5.41, 5.74) is 10.2. The van der Waals surface area contributed by atoms with Crippen molar-refractivity contribution in [1.82, 2.24) is 20.2 Å². The van der Waals surface area contributed by atoms with Crippen LogP contribution in [0.15, 0.2) is 168 Å². The minimum absolute atomic E-state index is 0. The second-order valence-electron chi connectivity index (χ2n) is 15.7. The van der Waals surface area contributed by atoms with Crippen LogP contribution in [0.2, 0.25) is 0 Å². The molecular weight excluding hydrogens is 933 g/mol. The molecule has 8 aromatic rings. The summed E-state index contributed by atoms with van der Waals surface area (Å²) in [6.07, 6.45) is 4.94. The molecule has 0 aliphatic heterocycles. The summed E-state index contributed by atoms with van der Waals surface area (Å²) in [7, 11) is 0. The van der Waals surface area contributed by atoms with Gasteiger partial charge in [-0.25, -0.2) is 0 Å². The van der Waals surface area contributed by atoms with Gasteiger partial charge in [-0.05, 0) is 94.2 Å². The number of ether oxygens (including phenoxy) is 1. The van der Waals surface area contributed by atoms with Crippen LogP contribution in [0.3, 0.4) is 0 Å². The van der Waals surface area contributed by atoms with Crippen molar-refractivity contribution >= 4 is 5.97 Å². The maximum Gasteiger partial charge on any atom is 0.305 e. The molecular formula is C53H48IrN4O3-2. The van der Waals surface area contributed by atoms with Gasteiger partial charge in [-0.1, -0.05) is 107 Å². The van der Waals surface area contributed by atoms with Gasteiger partial charge >= 0.3 is 5.97 Å². The quantitative estimate of drug-likeness (QED) is 0.0724. The van der Waals surface area contributed by atoms with E-state index in [2.05, 4.69) is 109 Å². The van der Waals surface area contributed by atoms with E-state index in [0.717, 1.165) is 44.8 Å². The number of pyridine rings is 2. The van der Waals surface area contributed by atoms with Crippen molar-refractivity contribution < 1.29 is 34.1 Å². The molecule has 3 heterocycles. The number of nitrogens with zero attached hydrogens (tertiary/aromatic N) is 4. The molecule has 7 nitrogen and oxygen atoms in total. The fourth-order valence-electron chi connectivity index (χ4n) is 6.80. The first-order chi connectivity index (χ1) is 29.1. The predicted octanol–water partition coefficient (Wildman–Crippen LogP) is 12.9. The number of esters is 1. The molecule has 0 fully saturated rings. The van der Waals surface area contributed by atoms with Gasteiger partial charge in [0, 0.05) is 49.4 Å². The van der Waals surface area contributed by atoms with Crippen LogP contribution in [0.1, 0.15) is 64.5 Å². The number of carbonyl (C=O) groups excluding carboxylic acids is 1. The van der Waals surface area contributed by atoms with E-state index in [9.17, 15) is 4.79 Å². The number of rotatable bonds is 11. The standard InChI is InChI=1S/C42H40N3O3.C11H8N.Ir/c1-6-29(41(46)47-37-24-20-33(21-25-37)38-9-7-8-26-43-38)27-28(2)30-10-12-31(13-11-30)32-14-16-34(17-15-32)39-44-45-40(48-39)35-18-22-36(23-19-35)42(3,4)5;1-2-6-10(7-3-1)11-8-4-5-9-12-11;/h7-20,22-26,28-29H,6,27H2,1-5H3;1-6,8-9H;/q2*-1;. The Morgan fingerprint density at radius 2 is 1.20 bits per heavy atom. The summed E-state index contributed by atoms with van der Waals surface area (Å²) in [6, 6.07) is 56.1. The van der Waals surface area contributed by atoms with Gasteiger partial charge in [0.05, 0.1) is 5.92 Å². The summed E-state index contributed by atoms with van der Waals surface area (Å²) >= 11 is 0. The van der Waals surface area contributed by atoms with Gasteiger partial charge in [-0.15, -0.1) is 75.9 Å². The minimum atomic E-state index is -0.216. The number of aromatic nitrogens is 4. The summed E-state index contributed by atoms with van der Waals surface area (Å²) in [6.45, 7) is 10.8. The zero-order valence-electron chi connectivity index (χ0n) is 35.0. The van der Waals surface area contributed by atoms with Crippen LogP contribution in [0.5, 0.6) is 5.75 Å². The summed E-state index contributed by atoms with van der Waals surface area (Å²) in [5.74, 6) is 1.25. The molecule has 0 aliphatic carbocycles. The minimum Gasteiger partial charge on any atom is -0.475 e. The second kappa shape index (κ2) is 20.8. The fraction of sp³-hybridized carbons (Fsp3) is 0.189. The van der Waals surface area contributed by atoms with Crippen molar-refractivity contribution in [3.8, 4) is 62.3 Å². The Balaban J connectivity index is 0.000000409. The monoisotopic (exact) mass is 981 g/mol. The zero-order valence-corrected chi connectivity index (χ0v) is 37.4. The van der Waals surface area contributed by atoms with E-state index in [1.54, 1.807) is 24.5 Å². The summed E-state index contributed by atoms with van der Waals surface area (Å²) in [4.78, 5) is 21.7. The van der Waals surface area contributed by atoms with Gasteiger partial charge in [-0.2, -0.15) is 0 Å². The van der Waals surface area contributed by atoms with Crippen molar-refractivity contribution in [3.05, 3.63) is 187 Å². The Bertz CT molecular complexity index is 2520. The van der Waals surface area contributed by atoms with Crippen LogP contribution in [0.4, 0.5) is 0 Å². The van der Waals surface area contributed by atoms with Crippen molar-refractivity contribution in [2.75, 3.05) is 0 Å². The van der Waals surface area contributed by atoms with Crippen molar-refractivity contribution in [2.45, 2.75) is 58.8 Å². The van der Waals surface area contributed by atoms with E-state index < -0.39 is 0 Å². The third kappa shape index (κ3) is 11.7. The first-order valence-electron chi connectivity index (χ1n) is 20.3. The van der Waals surface area contributed by atoms with Crippen molar-refractivity contribution in [2.24, 2.45) is 5.92 Å². The van der Waals surface area contributed by atoms with Gasteiger partial charge < -0.3 is 19.1 Å². The number of carbonyl (C=O) groups is 1. The van der Waals surface area contributed by atoms with E-state index >= 15 is 0 Å². The molecule has 0 N–H and O–H groups in total. The first-order valence-corrected chi connectivity index (χ1v) is 20.3. The molecule has 2 atom stereocenters. The molecule has 8 rings (SSSR count). The third-order valence-electron chi connectivity index (χ3n) is 10.4. The van der Waals surface area contributed by atoms with E-state index in [1.807, 2.05) is 97.9 Å². The zero-order chi connectivity index (χ0) is 41.9. The second-order valence-corrected chi connectivity index (χ2v) is 15.7. The third-order valence-corrected chi connectivity index (χ3v) is 10.4. The van der Waals surface area contributed by atoms with Crippen molar-refractivity contribution in [1.29, 1.82) is 0 Å². The number of hydrogen-bond acceptors (Lipinski definition) is 7. The molecule has 0 spiro atoms. The normalized spacial score (nSPS) is 12.0. The molecule has 0 saturated heterocycles. The van der Waals surface area contributed by atoms with Crippen LogP contribution in [-0.4, -0.2) is 26.1 Å². The topological polar surface area (TPSA) is 91.0 Å². The molecule has 0 saturated carbocycles. The van der Waals surface area contributed by atoms with Gasteiger partial charge in [0.2, 0.25) is 11.8 Å². The fourth-order valence-corrected chi connectivity index (χ4v) is 6.80. The Kier molecular flexibility index (Phi) is 15.0. The SMILES string of the molecule is CCC(CC(C)c1ccc(-c2ccc(-c3nnc(-c4ccc(C(C)(C)C)cc4)o3)cc2)cc1)C(=O)Oc1c[c-]c(-c2ccccn2)cc1.[Ir].[c-]1ccccc1-c1ccccn1. The van der Waals surface area contributed by atoms with Crippen LogP contribution in [-0.2, 0) is 30.3 Å². The van der Waals surface area contributed by atoms with Gasteiger partial charge in [0.25, 0.3) is 0 Å². The average Bonchev–Trinajstić information content (AvgIpc) is 3.80. The maximum absolute atomic E-state index is 13.1.